The van der Waals surface area contributed by atoms with E-state index in [-0.39, 0.29) is 11.8 Å². The highest BCUT2D eigenvalue weighted by molar-refractivity contribution is 5.45. The van der Waals surface area contributed by atoms with Gasteiger partial charge in [-0.15, -0.1) is 6.42 Å². The molecule has 1 aromatic carbocycles. The number of rotatable bonds is 6. The zero-order valence-corrected chi connectivity index (χ0v) is 10.4. The monoisotopic (exact) mass is 233 g/mol. The molecule has 1 atom stereocenters. The summed E-state index contributed by atoms with van der Waals surface area (Å²) in [6.45, 7) is 4.98. The lowest BCUT2D eigenvalue weighted by atomic mass is 10.1. The Labute approximate surface area is 103 Å². The molecule has 0 radical (unpaired) electrons. The van der Waals surface area contributed by atoms with Crippen LogP contribution in [0.4, 0.5) is 0 Å². The minimum atomic E-state index is 0.0325. The van der Waals surface area contributed by atoms with Gasteiger partial charge in [0.05, 0.1) is 12.6 Å². The number of nitrogens with one attached hydrogen (secondary N) is 1. The number of para-hydroxylation sites is 1. The first-order valence-corrected chi connectivity index (χ1v) is 5.86. The van der Waals surface area contributed by atoms with Crippen LogP contribution >= 0.6 is 0 Å². The number of ether oxygens (including phenoxy) is 1. The predicted molar refractivity (Wildman–Crippen MR) is 69.0 cm³/mol. The highest BCUT2D eigenvalue weighted by Gasteiger charge is 2.08. The number of hydrogen-bond donors (Lipinski definition) is 2. The molecule has 0 saturated heterocycles. The van der Waals surface area contributed by atoms with E-state index in [1.54, 1.807) is 6.07 Å². The van der Waals surface area contributed by atoms with E-state index in [4.69, 9.17) is 11.2 Å². The lowest BCUT2D eigenvalue weighted by Crippen LogP contribution is -2.26. The second-order valence-electron chi connectivity index (χ2n) is 3.71. The summed E-state index contributed by atoms with van der Waals surface area (Å²) in [6.07, 6.45) is 6.23. The molecule has 1 unspecified atom stereocenters. The molecule has 3 heteroatoms. The molecule has 17 heavy (non-hydrogen) atoms. The molecule has 0 bridgehead atoms. The number of benzene rings is 1. The van der Waals surface area contributed by atoms with E-state index in [1.807, 2.05) is 26.0 Å². The lowest BCUT2D eigenvalue weighted by molar-refractivity contribution is 0.316. The second kappa shape index (κ2) is 6.82. The number of phenols is 1. The molecule has 0 amide bonds. The topological polar surface area (TPSA) is 41.5 Å². The zero-order valence-electron chi connectivity index (χ0n) is 10.4. The molecular weight excluding hydrogens is 214 g/mol. The minimum Gasteiger partial charge on any atom is -0.504 e. The quantitative estimate of drug-likeness (QED) is 0.741. The summed E-state index contributed by atoms with van der Waals surface area (Å²) < 4.78 is 5.32. The van der Waals surface area contributed by atoms with Crippen LogP contribution in [0.5, 0.6) is 11.5 Å². The molecule has 0 fully saturated rings. The highest BCUT2D eigenvalue weighted by Crippen LogP contribution is 2.29. The van der Waals surface area contributed by atoms with E-state index in [0.717, 1.165) is 12.0 Å². The standard InChI is InChI=1S/C14H19NO2/c1-4-12(5-2)15-10-11-8-7-9-13(14(11)16)17-6-3/h1,7-9,12,15-16H,5-6,10H2,2-3H3. The van der Waals surface area contributed by atoms with Crippen LogP contribution in [-0.2, 0) is 6.54 Å². The summed E-state index contributed by atoms with van der Waals surface area (Å²) in [5.41, 5.74) is 0.796. The first-order chi connectivity index (χ1) is 8.22. The molecule has 2 N–H and O–H groups in total. The van der Waals surface area contributed by atoms with Gasteiger partial charge in [0.1, 0.15) is 0 Å². The number of terminal acetylenes is 1. The molecule has 0 aliphatic carbocycles. The van der Waals surface area contributed by atoms with Gasteiger partial charge in [-0.1, -0.05) is 25.0 Å². The van der Waals surface area contributed by atoms with E-state index in [0.29, 0.717) is 18.9 Å². The van der Waals surface area contributed by atoms with Crippen LogP contribution in [-0.4, -0.2) is 17.8 Å². The summed E-state index contributed by atoms with van der Waals surface area (Å²) in [5, 5.41) is 13.2. The van der Waals surface area contributed by atoms with E-state index in [2.05, 4.69) is 11.2 Å². The van der Waals surface area contributed by atoms with Crippen LogP contribution in [0.3, 0.4) is 0 Å². The van der Waals surface area contributed by atoms with Crippen LogP contribution in [0.25, 0.3) is 0 Å². The van der Waals surface area contributed by atoms with E-state index < -0.39 is 0 Å². The van der Waals surface area contributed by atoms with Gasteiger partial charge in [0, 0.05) is 12.1 Å². The van der Waals surface area contributed by atoms with Gasteiger partial charge < -0.3 is 9.84 Å². The van der Waals surface area contributed by atoms with Gasteiger partial charge in [0.25, 0.3) is 0 Å². The fraction of sp³-hybridized carbons (Fsp3) is 0.429. The Kier molecular flexibility index (Phi) is 5.38. The summed E-state index contributed by atoms with van der Waals surface area (Å²) in [7, 11) is 0. The maximum atomic E-state index is 9.96. The third-order valence-corrected chi connectivity index (χ3v) is 2.53. The molecule has 92 valence electrons. The summed E-state index contributed by atoms with van der Waals surface area (Å²) in [6, 6.07) is 5.50. The van der Waals surface area contributed by atoms with Crippen molar-refractivity contribution < 1.29 is 9.84 Å². The summed E-state index contributed by atoms with van der Waals surface area (Å²) in [4.78, 5) is 0. The first-order valence-electron chi connectivity index (χ1n) is 5.86. The maximum absolute atomic E-state index is 9.96. The van der Waals surface area contributed by atoms with E-state index >= 15 is 0 Å². The number of phenolic OH excluding ortho intramolecular Hbond substituents is 1. The largest absolute Gasteiger partial charge is 0.504 e. The number of hydrogen-bond acceptors (Lipinski definition) is 3. The fourth-order valence-corrected chi connectivity index (χ4v) is 1.54. The van der Waals surface area contributed by atoms with Crippen LogP contribution < -0.4 is 10.1 Å². The van der Waals surface area contributed by atoms with Crippen molar-refractivity contribution in [3.8, 4) is 23.8 Å². The van der Waals surface area contributed by atoms with Gasteiger partial charge in [-0.3, -0.25) is 5.32 Å². The fourth-order valence-electron chi connectivity index (χ4n) is 1.54. The van der Waals surface area contributed by atoms with Crippen molar-refractivity contribution in [3.05, 3.63) is 23.8 Å². The molecule has 1 aromatic rings. The Morgan fingerprint density at radius 2 is 2.24 bits per heavy atom. The smallest absolute Gasteiger partial charge is 0.162 e. The highest BCUT2D eigenvalue weighted by atomic mass is 16.5. The van der Waals surface area contributed by atoms with Gasteiger partial charge in [-0.2, -0.15) is 0 Å². The molecular formula is C14H19NO2. The molecule has 3 nitrogen and oxygen atoms in total. The van der Waals surface area contributed by atoms with Gasteiger partial charge >= 0.3 is 0 Å². The van der Waals surface area contributed by atoms with Crippen LogP contribution in [0.1, 0.15) is 25.8 Å². The van der Waals surface area contributed by atoms with Crippen molar-refractivity contribution in [2.45, 2.75) is 32.9 Å². The molecule has 0 spiro atoms. The zero-order chi connectivity index (χ0) is 12.7. The van der Waals surface area contributed by atoms with Gasteiger partial charge in [0.15, 0.2) is 11.5 Å². The van der Waals surface area contributed by atoms with Crippen molar-refractivity contribution in [2.75, 3.05) is 6.61 Å². The minimum absolute atomic E-state index is 0.0325. The second-order valence-corrected chi connectivity index (χ2v) is 3.71. The Morgan fingerprint density at radius 3 is 2.82 bits per heavy atom. The Hall–Kier alpha value is -1.66. The maximum Gasteiger partial charge on any atom is 0.162 e. The Bertz CT molecular complexity index is 396. The van der Waals surface area contributed by atoms with Crippen LogP contribution in [0, 0.1) is 12.3 Å². The average Bonchev–Trinajstić information content (AvgIpc) is 2.35. The molecule has 0 aliphatic rings. The normalized spacial score (nSPS) is 11.8. The van der Waals surface area contributed by atoms with Gasteiger partial charge in [-0.05, 0) is 19.4 Å². The number of aromatic hydroxyl groups is 1. The van der Waals surface area contributed by atoms with Crippen LogP contribution in [0.2, 0.25) is 0 Å². The Morgan fingerprint density at radius 1 is 1.47 bits per heavy atom. The van der Waals surface area contributed by atoms with Crippen molar-refractivity contribution in [2.24, 2.45) is 0 Å². The van der Waals surface area contributed by atoms with Crippen molar-refractivity contribution >= 4 is 0 Å². The summed E-state index contributed by atoms with van der Waals surface area (Å²) >= 11 is 0. The third kappa shape index (κ3) is 3.69. The molecule has 0 aliphatic heterocycles. The summed E-state index contributed by atoms with van der Waals surface area (Å²) in [5.74, 6) is 3.36. The first kappa shape index (κ1) is 13.4. The van der Waals surface area contributed by atoms with E-state index in [1.165, 1.54) is 0 Å². The van der Waals surface area contributed by atoms with Crippen molar-refractivity contribution in [3.63, 3.8) is 0 Å². The van der Waals surface area contributed by atoms with Crippen molar-refractivity contribution in [1.82, 2.24) is 5.32 Å². The SMILES string of the molecule is C#CC(CC)NCc1cccc(OCC)c1O. The Balaban J connectivity index is 2.71. The van der Waals surface area contributed by atoms with Gasteiger partial charge in [-0.25, -0.2) is 0 Å². The van der Waals surface area contributed by atoms with Crippen LogP contribution in [0.15, 0.2) is 18.2 Å². The molecule has 0 aromatic heterocycles. The lowest BCUT2D eigenvalue weighted by Gasteiger charge is -2.13. The average molecular weight is 233 g/mol. The third-order valence-electron chi connectivity index (χ3n) is 2.53. The van der Waals surface area contributed by atoms with Crippen molar-refractivity contribution in [1.29, 1.82) is 0 Å². The molecule has 0 heterocycles. The van der Waals surface area contributed by atoms with Gasteiger partial charge in [0.2, 0.25) is 0 Å². The van der Waals surface area contributed by atoms with E-state index in [9.17, 15) is 5.11 Å². The molecule has 0 saturated carbocycles. The predicted octanol–water partition coefficient (Wildman–Crippen LogP) is 2.29. The molecule has 1 rings (SSSR count).